The second kappa shape index (κ2) is 10.0. The van der Waals surface area contributed by atoms with E-state index in [-0.39, 0.29) is 12.5 Å². The summed E-state index contributed by atoms with van der Waals surface area (Å²) in [5.41, 5.74) is 2.60. The lowest BCUT2D eigenvalue weighted by Gasteiger charge is -2.13. The number of anilines is 2. The van der Waals surface area contributed by atoms with Gasteiger partial charge in [-0.1, -0.05) is 0 Å². The number of carbonyl (C=O) groups is 4. The Hall–Kier alpha value is -2.72. The number of esters is 2. The Bertz CT molecular complexity index is 1120. The van der Waals surface area contributed by atoms with Crippen LogP contribution < -0.4 is 10.6 Å². The Balaban J connectivity index is 1.46. The van der Waals surface area contributed by atoms with E-state index < -0.39 is 24.5 Å². The molecule has 0 fully saturated rings. The highest BCUT2D eigenvalue weighted by atomic mass is 32.1. The van der Waals surface area contributed by atoms with Gasteiger partial charge in [-0.25, -0.2) is 9.59 Å². The largest absolute Gasteiger partial charge is 0.462 e. The zero-order chi connectivity index (χ0) is 23.5. The number of nitrogens with one attached hydrogen (secondary N) is 2. The standard InChI is InChI=1S/C23H26N2O6S2/c1-3-30-22(28)19-14-8-6-10-16(14)33-21(19)25-17(27)11-31-23(29)18-13-7-4-5-9-15(13)32-20(18)24-12(2)26/h3-11H2,1-2H3,(H,24,26)(H,25,27). The van der Waals surface area contributed by atoms with Crippen molar-refractivity contribution in [3.8, 4) is 0 Å². The predicted octanol–water partition coefficient (Wildman–Crippen LogP) is 4.11. The molecular weight excluding hydrogens is 464 g/mol. The molecule has 2 aromatic rings. The van der Waals surface area contributed by atoms with Crippen molar-refractivity contribution < 1.29 is 28.7 Å². The Morgan fingerprint density at radius 3 is 1.97 bits per heavy atom. The van der Waals surface area contributed by atoms with Crippen LogP contribution in [0.1, 0.15) is 74.7 Å². The first kappa shape index (κ1) is 23.4. The van der Waals surface area contributed by atoms with Gasteiger partial charge in [0.25, 0.3) is 5.91 Å². The third-order valence-electron chi connectivity index (χ3n) is 5.65. The normalized spacial score (nSPS) is 14.2. The Morgan fingerprint density at radius 2 is 1.33 bits per heavy atom. The summed E-state index contributed by atoms with van der Waals surface area (Å²) in [4.78, 5) is 51.7. The lowest BCUT2D eigenvalue weighted by atomic mass is 9.95. The highest BCUT2D eigenvalue weighted by molar-refractivity contribution is 7.17. The van der Waals surface area contributed by atoms with Crippen LogP contribution in [0.15, 0.2) is 0 Å². The quantitative estimate of drug-likeness (QED) is 0.565. The highest BCUT2D eigenvalue weighted by Crippen LogP contribution is 2.40. The lowest BCUT2D eigenvalue weighted by molar-refractivity contribution is -0.119. The van der Waals surface area contributed by atoms with Crippen molar-refractivity contribution in [2.75, 3.05) is 23.8 Å². The van der Waals surface area contributed by atoms with Crippen LogP contribution >= 0.6 is 22.7 Å². The first-order valence-electron chi connectivity index (χ1n) is 11.1. The highest BCUT2D eigenvalue weighted by Gasteiger charge is 2.30. The van der Waals surface area contributed by atoms with Gasteiger partial charge in [-0.3, -0.25) is 9.59 Å². The van der Waals surface area contributed by atoms with Gasteiger partial charge in [0.15, 0.2) is 6.61 Å². The SMILES string of the molecule is CCOC(=O)c1c(NC(=O)COC(=O)c2c(NC(C)=O)sc3c2CCCC3)sc2c1CCC2. The summed E-state index contributed by atoms with van der Waals surface area (Å²) in [5.74, 6) is -1.88. The van der Waals surface area contributed by atoms with Crippen molar-refractivity contribution in [2.24, 2.45) is 0 Å². The molecule has 0 aromatic carbocycles. The maximum absolute atomic E-state index is 12.9. The van der Waals surface area contributed by atoms with Gasteiger partial charge in [0.2, 0.25) is 5.91 Å². The van der Waals surface area contributed by atoms with E-state index in [0.29, 0.717) is 21.1 Å². The van der Waals surface area contributed by atoms with Gasteiger partial charge >= 0.3 is 11.9 Å². The maximum atomic E-state index is 12.9. The molecule has 0 saturated carbocycles. The molecule has 0 spiro atoms. The fourth-order valence-corrected chi connectivity index (χ4v) is 6.92. The van der Waals surface area contributed by atoms with Gasteiger partial charge in [0, 0.05) is 16.7 Å². The Kier molecular flexibility index (Phi) is 7.14. The number of amides is 2. The molecule has 0 unspecified atom stereocenters. The molecule has 0 radical (unpaired) electrons. The molecule has 8 nitrogen and oxygen atoms in total. The van der Waals surface area contributed by atoms with Crippen LogP contribution in [0.2, 0.25) is 0 Å². The number of rotatable bonds is 7. The molecule has 0 aliphatic heterocycles. The van der Waals surface area contributed by atoms with E-state index in [1.165, 1.54) is 29.6 Å². The van der Waals surface area contributed by atoms with Gasteiger partial charge in [0.05, 0.1) is 17.7 Å². The van der Waals surface area contributed by atoms with E-state index in [0.717, 1.165) is 65.8 Å². The van der Waals surface area contributed by atoms with Crippen LogP contribution in [0.5, 0.6) is 0 Å². The van der Waals surface area contributed by atoms with Crippen molar-refractivity contribution in [3.63, 3.8) is 0 Å². The van der Waals surface area contributed by atoms with E-state index in [4.69, 9.17) is 9.47 Å². The van der Waals surface area contributed by atoms with Crippen LogP contribution in [0, 0.1) is 0 Å². The number of ether oxygens (including phenoxy) is 2. The number of carbonyl (C=O) groups excluding carboxylic acids is 4. The third kappa shape index (κ3) is 4.96. The van der Waals surface area contributed by atoms with Crippen LogP contribution in [0.25, 0.3) is 0 Å². The van der Waals surface area contributed by atoms with Crippen molar-refractivity contribution in [1.29, 1.82) is 0 Å². The lowest BCUT2D eigenvalue weighted by Crippen LogP contribution is -2.23. The van der Waals surface area contributed by atoms with E-state index in [2.05, 4.69) is 10.6 Å². The van der Waals surface area contributed by atoms with Gasteiger partial charge in [-0.15, -0.1) is 22.7 Å². The molecule has 2 amide bonds. The summed E-state index contributed by atoms with van der Waals surface area (Å²) in [5, 5.41) is 6.35. The summed E-state index contributed by atoms with van der Waals surface area (Å²) < 4.78 is 10.5. The number of thiophene rings is 2. The first-order chi connectivity index (χ1) is 15.9. The predicted molar refractivity (Wildman–Crippen MR) is 126 cm³/mol. The van der Waals surface area contributed by atoms with Crippen molar-refractivity contribution in [1.82, 2.24) is 0 Å². The average Bonchev–Trinajstić information content (AvgIpc) is 3.44. The molecule has 2 aliphatic rings. The summed E-state index contributed by atoms with van der Waals surface area (Å²) in [6.07, 6.45) is 6.22. The molecule has 0 atom stereocenters. The topological polar surface area (TPSA) is 111 Å². The van der Waals surface area contributed by atoms with Crippen LogP contribution in [-0.4, -0.2) is 37.0 Å². The van der Waals surface area contributed by atoms with Crippen LogP contribution in [-0.2, 0) is 44.7 Å². The zero-order valence-corrected chi connectivity index (χ0v) is 20.3. The number of hydrogen-bond acceptors (Lipinski definition) is 8. The molecule has 2 aromatic heterocycles. The fraction of sp³-hybridized carbons (Fsp3) is 0.478. The summed E-state index contributed by atoms with van der Waals surface area (Å²) >= 11 is 2.77. The number of fused-ring (bicyclic) bond motifs is 2. The summed E-state index contributed by atoms with van der Waals surface area (Å²) in [6, 6.07) is 0. The number of aryl methyl sites for hydroxylation is 2. The second-order valence-electron chi connectivity index (χ2n) is 8.00. The molecule has 2 aliphatic carbocycles. The molecule has 176 valence electrons. The van der Waals surface area contributed by atoms with E-state index in [9.17, 15) is 19.2 Å². The van der Waals surface area contributed by atoms with Crippen molar-refractivity contribution in [2.45, 2.75) is 58.8 Å². The minimum Gasteiger partial charge on any atom is -0.462 e. The number of hydrogen-bond donors (Lipinski definition) is 2. The Morgan fingerprint density at radius 1 is 0.788 bits per heavy atom. The van der Waals surface area contributed by atoms with Crippen molar-refractivity contribution in [3.05, 3.63) is 32.0 Å². The second-order valence-corrected chi connectivity index (χ2v) is 10.2. The molecule has 0 saturated heterocycles. The minimum atomic E-state index is -0.632. The van der Waals surface area contributed by atoms with E-state index in [1.54, 1.807) is 6.92 Å². The molecule has 10 heteroatoms. The van der Waals surface area contributed by atoms with Gasteiger partial charge in [-0.2, -0.15) is 0 Å². The third-order valence-corrected chi connectivity index (χ3v) is 8.07. The molecular formula is C23H26N2O6S2. The van der Waals surface area contributed by atoms with E-state index >= 15 is 0 Å². The molecule has 33 heavy (non-hydrogen) atoms. The smallest absolute Gasteiger partial charge is 0.341 e. The van der Waals surface area contributed by atoms with Crippen LogP contribution in [0.4, 0.5) is 10.0 Å². The molecule has 2 heterocycles. The summed E-state index contributed by atoms with van der Waals surface area (Å²) in [6.45, 7) is 2.88. The van der Waals surface area contributed by atoms with Gasteiger partial charge in [0.1, 0.15) is 10.0 Å². The maximum Gasteiger partial charge on any atom is 0.341 e. The van der Waals surface area contributed by atoms with Gasteiger partial charge < -0.3 is 20.1 Å². The average molecular weight is 491 g/mol. The zero-order valence-electron chi connectivity index (χ0n) is 18.6. The fourth-order valence-electron chi connectivity index (χ4n) is 4.31. The molecule has 4 rings (SSSR count). The van der Waals surface area contributed by atoms with Crippen LogP contribution in [0.3, 0.4) is 0 Å². The van der Waals surface area contributed by atoms with Gasteiger partial charge in [-0.05, 0) is 63.0 Å². The molecule has 0 bridgehead atoms. The first-order valence-corrected chi connectivity index (χ1v) is 12.7. The summed E-state index contributed by atoms with van der Waals surface area (Å²) in [7, 11) is 0. The minimum absolute atomic E-state index is 0.246. The molecule has 2 N–H and O–H groups in total. The monoisotopic (exact) mass is 490 g/mol. The van der Waals surface area contributed by atoms with E-state index in [1.807, 2.05) is 0 Å². The Labute approximate surface area is 199 Å². The van der Waals surface area contributed by atoms with Crippen molar-refractivity contribution >= 4 is 56.4 Å².